The topological polar surface area (TPSA) is 60.4 Å². The summed E-state index contributed by atoms with van der Waals surface area (Å²) in [5, 5.41) is 0. The van der Waals surface area contributed by atoms with Gasteiger partial charge in [-0.2, -0.15) is 0 Å². The molecule has 0 aliphatic heterocycles. The molecule has 0 spiro atoms. The van der Waals surface area contributed by atoms with Crippen LogP contribution in [0, 0.1) is 5.92 Å². The molecular formula is C17H22O4S. The first-order valence-electron chi connectivity index (χ1n) is 7.88. The maximum absolute atomic E-state index is 11.6. The minimum absolute atomic E-state index is 0.0582. The minimum Gasteiger partial charge on any atom is -0.464 e. The van der Waals surface area contributed by atoms with Crippen molar-refractivity contribution >= 4 is 16.3 Å². The Morgan fingerprint density at radius 3 is 2.32 bits per heavy atom. The fourth-order valence-corrected chi connectivity index (χ4v) is 4.71. The highest BCUT2D eigenvalue weighted by molar-refractivity contribution is 7.90. The first kappa shape index (κ1) is 15.5. The van der Waals surface area contributed by atoms with Crippen molar-refractivity contribution in [2.45, 2.75) is 54.9 Å². The fraction of sp³-hybridized carbons (Fsp3) is 0.588. The van der Waals surface area contributed by atoms with Gasteiger partial charge in [0.25, 0.3) is 6.47 Å². The van der Waals surface area contributed by atoms with Crippen molar-refractivity contribution in [1.29, 1.82) is 0 Å². The molecule has 0 N–H and O–H groups in total. The summed E-state index contributed by atoms with van der Waals surface area (Å²) in [5.74, 6) is 0.523. The van der Waals surface area contributed by atoms with Crippen molar-refractivity contribution in [2.24, 2.45) is 5.92 Å². The van der Waals surface area contributed by atoms with E-state index in [1.54, 1.807) is 12.1 Å². The van der Waals surface area contributed by atoms with Crippen molar-refractivity contribution in [1.82, 2.24) is 0 Å². The summed E-state index contributed by atoms with van der Waals surface area (Å²) >= 11 is 0. The van der Waals surface area contributed by atoms with Crippen LogP contribution < -0.4 is 0 Å². The third-order valence-electron chi connectivity index (χ3n) is 5.31. The second kappa shape index (κ2) is 5.69. The molecular weight excluding hydrogens is 300 g/mol. The van der Waals surface area contributed by atoms with Gasteiger partial charge in [-0.15, -0.1) is 0 Å². The van der Waals surface area contributed by atoms with E-state index in [4.69, 9.17) is 4.74 Å². The molecule has 0 radical (unpaired) electrons. The van der Waals surface area contributed by atoms with Gasteiger partial charge in [-0.05, 0) is 42.9 Å². The quantitative estimate of drug-likeness (QED) is 0.782. The number of carbonyl (C=O) groups is 1. The standard InChI is InChI=1S/C17H22O4S/c1-22(19,20)15-9-7-14(8-10-15)17(11-16(17)21-12-18)13-5-3-2-4-6-13/h7-10,12-13,16H,2-6,11H2,1H3. The van der Waals surface area contributed by atoms with Crippen molar-refractivity contribution in [3.05, 3.63) is 29.8 Å². The maximum atomic E-state index is 11.6. The van der Waals surface area contributed by atoms with Gasteiger partial charge in [0, 0.05) is 11.7 Å². The van der Waals surface area contributed by atoms with E-state index in [1.165, 1.54) is 25.5 Å². The third-order valence-corrected chi connectivity index (χ3v) is 6.44. The molecule has 0 saturated heterocycles. The Bertz CT molecular complexity index is 644. The number of benzene rings is 1. The molecule has 22 heavy (non-hydrogen) atoms. The lowest BCUT2D eigenvalue weighted by atomic mass is 9.74. The zero-order valence-electron chi connectivity index (χ0n) is 12.8. The lowest BCUT2D eigenvalue weighted by molar-refractivity contribution is -0.130. The second-order valence-corrected chi connectivity index (χ2v) is 8.61. The molecule has 2 atom stereocenters. The molecule has 0 heterocycles. The summed E-state index contributed by atoms with van der Waals surface area (Å²) in [6.45, 7) is 0.542. The average Bonchev–Trinajstić information content (AvgIpc) is 3.23. The zero-order chi connectivity index (χ0) is 15.8. The number of carbonyl (C=O) groups excluding carboxylic acids is 1. The van der Waals surface area contributed by atoms with Gasteiger partial charge in [-0.3, -0.25) is 4.79 Å². The van der Waals surface area contributed by atoms with Crippen LogP contribution in [-0.4, -0.2) is 27.2 Å². The van der Waals surface area contributed by atoms with Crippen LogP contribution in [0.3, 0.4) is 0 Å². The highest BCUT2D eigenvalue weighted by atomic mass is 32.2. The number of hydrogen-bond donors (Lipinski definition) is 0. The van der Waals surface area contributed by atoms with Crippen LogP contribution in [0.1, 0.15) is 44.1 Å². The molecule has 2 aliphatic carbocycles. The highest BCUT2D eigenvalue weighted by Gasteiger charge is 2.61. The van der Waals surface area contributed by atoms with Gasteiger partial charge in [-0.25, -0.2) is 8.42 Å². The lowest BCUT2D eigenvalue weighted by Gasteiger charge is -2.31. The highest BCUT2D eigenvalue weighted by Crippen LogP contribution is 2.59. The van der Waals surface area contributed by atoms with Gasteiger partial charge in [0.05, 0.1) is 4.90 Å². The molecule has 120 valence electrons. The summed E-state index contributed by atoms with van der Waals surface area (Å²) in [4.78, 5) is 11.1. The molecule has 2 fully saturated rings. The molecule has 0 amide bonds. The number of rotatable bonds is 5. The Morgan fingerprint density at radius 1 is 1.14 bits per heavy atom. The number of hydrogen-bond acceptors (Lipinski definition) is 4. The van der Waals surface area contributed by atoms with E-state index < -0.39 is 9.84 Å². The Kier molecular flexibility index (Phi) is 4.02. The second-order valence-electron chi connectivity index (χ2n) is 6.60. The summed E-state index contributed by atoms with van der Waals surface area (Å²) in [6.07, 6.45) is 8.06. The molecule has 0 aromatic heterocycles. The smallest absolute Gasteiger partial charge is 0.293 e. The largest absolute Gasteiger partial charge is 0.464 e. The van der Waals surface area contributed by atoms with Crippen LogP contribution in [0.25, 0.3) is 0 Å². The van der Waals surface area contributed by atoms with E-state index in [1.807, 2.05) is 12.1 Å². The summed E-state index contributed by atoms with van der Waals surface area (Å²) in [6, 6.07) is 7.15. The van der Waals surface area contributed by atoms with Crippen LogP contribution >= 0.6 is 0 Å². The molecule has 2 aliphatic rings. The van der Waals surface area contributed by atoms with Crippen molar-refractivity contribution in [3.63, 3.8) is 0 Å². The van der Waals surface area contributed by atoms with Crippen LogP contribution in [-0.2, 0) is 24.8 Å². The minimum atomic E-state index is -3.18. The summed E-state index contributed by atoms with van der Waals surface area (Å²) < 4.78 is 28.5. The van der Waals surface area contributed by atoms with Crippen molar-refractivity contribution < 1.29 is 17.9 Å². The Morgan fingerprint density at radius 2 is 1.77 bits per heavy atom. The molecule has 3 rings (SSSR count). The van der Waals surface area contributed by atoms with E-state index >= 15 is 0 Å². The van der Waals surface area contributed by atoms with E-state index in [0.29, 0.717) is 17.3 Å². The van der Waals surface area contributed by atoms with Gasteiger partial charge in [0.15, 0.2) is 9.84 Å². The summed E-state index contributed by atoms with van der Waals surface area (Å²) in [7, 11) is -3.18. The maximum Gasteiger partial charge on any atom is 0.293 e. The molecule has 4 nitrogen and oxygen atoms in total. The third kappa shape index (κ3) is 2.67. The number of sulfone groups is 1. The van der Waals surface area contributed by atoms with E-state index in [9.17, 15) is 13.2 Å². The monoisotopic (exact) mass is 322 g/mol. The van der Waals surface area contributed by atoms with Crippen molar-refractivity contribution in [3.8, 4) is 0 Å². The molecule has 1 aromatic carbocycles. The molecule has 2 saturated carbocycles. The SMILES string of the molecule is CS(=O)(=O)c1ccc(C2(C3CCCCC3)CC2OC=O)cc1. The molecule has 2 unspecified atom stereocenters. The van der Waals surface area contributed by atoms with Gasteiger partial charge >= 0.3 is 0 Å². The fourth-order valence-electron chi connectivity index (χ4n) is 4.08. The molecule has 5 heteroatoms. The van der Waals surface area contributed by atoms with Crippen LogP contribution in [0.15, 0.2) is 29.2 Å². The van der Waals surface area contributed by atoms with E-state index in [-0.39, 0.29) is 11.5 Å². The van der Waals surface area contributed by atoms with Crippen molar-refractivity contribution in [2.75, 3.05) is 6.26 Å². The average molecular weight is 322 g/mol. The van der Waals surface area contributed by atoms with E-state index in [0.717, 1.165) is 24.8 Å². The van der Waals surface area contributed by atoms with Gasteiger partial charge in [0.2, 0.25) is 0 Å². The molecule has 1 aromatic rings. The lowest BCUT2D eigenvalue weighted by Crippen LogP contribution is -2.27. The van der Waals surface area contributed by atoms with E-state index in [2.05, 4.69) is 0 Å². The first-order chi connectivity index (χ1) is 10.5. The Hall–Kier alpha value is -1.36. The Labute approximate surface area is 131 Å². The van der Waals surface area contributed by atoms with Gasteiger partial charge in [-0.1, -0.05) is 31.4 Å². The van der Waals surface area contributed by atoms with Gasteiger partial charge < -0.3 is 4.74 Å². The molecule has 0 bridgehead atoms. The van der Waals surface area contributed by atoms with Crippen LogP contribution in [0.5, 0.6) is 0 Å². The predicted octanol–water partition coefficient (Wildman–Crippen LogP) is 2.85. The zero-order valence-corrected chi connectivity index (χ0v) is 13.6. The van der Waals surface area contributed by atoms with Crippen LogP contribution in [0.2, 0.25) is 0 Å². The Balaban J connectivity index is 1.92. The van der Waals surface area contributed by atoms with Gasteiger partial charge in [0.1, 0.15) is 6.10 Å². The predicted molar refractivity (Wildman–Crippen MR) is 83.4 cm³/mol. The normalized spacial score (nSPS) is 29.0. The van der Waals surface area contributed by atoms with Crippen LogP contribution in [0.4, 0.5) is 0 Å². The summed E-state index contributed by atoms with van der Waals surface area (Å²) in [5.41, 5.74) is 1.01. The number of ether oxygens (including phenoxy) is 1. The first-order valence-corrected chi connectivity index (χ1v) is 9.77.